The molecule has 0 radical (unpaired) electrons. The van der Waals surface area contributed by atoms with E-state index in [2.05, 4.69) is 10.1 Å². The van der Waals surface area contributed by atoms with E-state index < -0.39 is 11.6 Å². The molecule has 21 heavy (non-hydrogen) atoms. The van der Waals surface area contributed by atoms with Gasteiger partial charge in [-0.05, 0) is 36.8 Å². The zero-order chi connectivity index (χ0) is 15.0. The molecule has 2 N–H and O–H groups in total. The Morgan fingerprint density at radius 2 is 2.00 bits per heavy atom. The topological polar surface area (TPSA) is 56.7 Å². The van der Waals surface area contributed by atoms with Gasteiger partial charge in [-0.1, -0.05) is 6.07 Å². The minimum absolute atomic E-state index is 0.0268. The van der Waals surface area contributed by atoms with Gasteiger partial charge in [0.05, 0.1) is 11.9 Å². The Labute approximate surface area is 119 Å². The molecular formula is C15H12F2N4. The number of rotatable bonds is 2. The third kappa shape index (κ3) is 2.35. The van der Waals surface area contributed by atoms with Crippen LogP contribution in [0.15, 0.2) is 42.7 Å². The summed E-state index contributed by atoms with van der Waals surface area (Å²) in [6, 6.07) is 7.57. The quantitative estimate of drug-likeness (QED) is 0.787. The Balaban J connectivity index is 2.12. The van der Waals surface area contributed by atoms with Crippen LogP contribution < -0.4 is 5.73 Å². The lowest BCUT2D eigenvalue weighted by Gasteiger charge is -2.02. The maximum absolute atomic E-state index is 13.8. The van der Waals surface area contributed by atoms with Crippen LogP contribution in [-0.2, 0) is 0 Å². The third-order valence-electron chi connectivity index (χ3n) is 3.08. The SMILES string of the molecule is Cc1ccnc(-n2cc(N)c(-c3cccc(F)c3F)n2)c1. The van der Waals surface area contributed by atoms with Gasteiger partial charge in [0, 0.05) is 11.8 Å². The Hall–Kier alpha value is -2.76. The minimum Gasteiger partial charge on any atom is -0.396 e. The standard InChI is InChI=1S/C15H12F2N4/c1-9-5-6-19-13(7-9)21-8-12(18)15(20-21)10-3-2-4-11(16)14(10)17/h2-8H,18H2,1H3. The molecule has 6 heteroatoms. The highest BCUT2D eigenvalue weighted by Gasteiger charge is 2.16. The summed E-state index contributed by atoms with van der Waals surface area (Å²) in [7, 11) is 0. The van der Waals surface area contributed by atoms with Crippen molar-refractivity contribution in [1.82, 2.24) is 14.8 Å². The maximum Gasteiger partial charge on any atom is 0.168 e. The van der Waals surface area contributed by atoms with Crippen LogP contribution in [-0.4, -0.2) is 14.8 Å². The Bertz CT molecular complexity index is 811. The van der Waals surface area contributed by atoms with E-state index in [1.54, 1.807) is 6.20 Å². The zero-order valence-corrected chi connectivity index (χ0v) is 11.2. The number of nitrogens with zero attached hydrogens (tertiary/aromatic N) is 3. The number of pyridine rings is 1. The number of benzene rings is 1. The smallest absolute Gasteiger partial charge is 0.168 e. The third-order valence-corrected chi connectivity index (χ3v) is 3.08. The van der Waals surface area contributed by atoms with Crippen molar-refractivity contribution in [3.8, 4) is 17.1 Å². The first-order valence-electron chi connectivity index (χ1n) is 6.29. The lowest BCUT2D eigenvalue weighted by molar-refractivity contribution is 0.511. The van der Waals surface area contributed by atoms with Gasteiger partial charge in [0.15, 0.2) is 17.5 Å². The van der Waals surface area contributed by atoms with Crippen molar-refractivity contribution < 1.29 is 8.78 Å². The van der Waals surface area contributed by atoms with Gasteiger partial charge >= 0.3 is 0 Å². The van der Waals surface area contributed by atoms with E-state index in [-0.39, 0.29) is 16.9 Å². The summed E-state index contributed by atoms with van der Waals surface area (Å²) in [4.78, 5) is 4.17. The molecule has 106 valence electrons. The van der Waals surface area contributed by atoms with Gasteiger partial charge in [-0.3, -0.25) is 0 Å². The molecule has 2 aromatic heterocycles. The largest absolute Gasteiger partial charge is 0.396 e. The van der Waals surface area contributed by atoms with Gasteiger partial charge in [-0.15, -0.1) is 0 Å². The second kappa shape index (κ2) is 4.97. The minimum atomic E-state index is -0.966. The second-order valence-corrected chi connectivity index (χ2v) is 4.67. The molecule has 3 aromatic rings. The Morgan fingerprint density at radius 3 is 2.76 bits per heavy atom. The van der Waals surface area contributed by atoms with E-state index in [0.717, 1.165) is 11.6 Å². The Morgan fingerprint density at radius 1 is 1.19 bits per heavy atom. The van der Waals surface area contributed by atoms with Gasteiger partial charge in [0.1, 0.15) is 5.69 Å². The van der Waals surface area contributed by atoms with E-state index in [1.165, 1.54) is 23.0 Å². The van der Waals surface area contributed by atoms with Crippen molar-refractivity contribution >= 4 is 5.69 Å². The molecular weight excluding hydrogens is 274 g/mol. The molecule has 1 aromatic carbocycles. The number of hydrogen-bond acceptors (Lipinski definition) is 3. The summed E-state index contributed by atoms with van der Waals surface area (Å²) >= 11 is 0. The fourth-order valence-corrected chi connectivity index (χ4v) is 2.05. The van der Waals surface area contributed by atoms with Crippen LogP contribution in [0.25, 0.3) is 17.1 Å². The van der Waals surface area contributed by atoms with Crippen LogP contribution in [0, 0.1) is 18.6 Å². The fourth-order valence-electron chi connectivity index (χ4n) is 2.05. The fraction of sp³-hybridized carbons (Fsp3) is 0.0667. The van der Waals surface area contributed by atoms with Crippen LogP contribution >= 0.6 is 0 Å². The van der Waals surface area contributed by atoms with Crippen LogP contribution in [0.4, 0.5) is 14.5 Å². The van der Waals surface area contributed by atoms with E-state index in [9.17, 15) is 8.78 Å². The number of nitrogens with two attached hydrogens (primary N) is 1. The second-order valence-electron chi connectivity index (χ2n) is 4.67. The number of aromatic nitrogens is 3. The average Bonchev–Trinajstić information content (AvgIpc) is 2.84. The van der Waals surface area contributed by atoms with Crippen molar-refractivity contribution in [1.29, 1.82) is 0 Å². The predicted octanol–water partition coefficient (Wildman–Crippen LogP) is 3.10. The molecule has 3 rings (SSSR count). The summed E-state index contributed by atoms with van der Waals surface area (Å²) in [5.41, 5.74) is 7.34. The van der Waals surface area contributed by atoms with Crippen molar-refractivity contribution in [2.75, 3.05) is 5.73 Å². The zero-order valence-electron chi connectivity index (χ0n) is 11.2. The van der Waals surface area contributed by atoms with Gasteiger partial charge in [-0.25, -0.2) is 18.4 Å². The van der Waals surface area contributed by atoms with Crippen molar-refractivity contribution in [2.24, 2.45) is 0 Å². The van der Waals surface area contributed by atoms with Crippen LogP contribution in [0.3, 0.4) is 0 Å². The van der Waals surface area contributed by atoms with E-state index in [4.69, 9.17) is 5.73 Å². The molecule has 2 heterocycles. The molecule has 0 bridgehead atoms. The molecule has 0 amide bonds. The lowest BCUT2D eigenvalue weighted by Crippen LogP contribution is -1.99. The molecule has 0 aliphatic carbocycles. The number of nitrogen functional groups attached to an aromatic ring is 1. The first kappa shape index (κ1) is 13.2. The van der Waals surface area contributed by atoms with E-state index in [1.807, 2.05) is 19.1 Å². The monoisotopic (exact) mass is 286 g/mol. The molecule has 0 spiro atoms. The lowest BCUT2D eigenvalue weighted by atomic mass is 10.1. The molecule has 0 aliphatic rings. The molecule has 4 nitrogen and oxygen atoms in total. The van der Waals surface area contributed by atoms with Crippen molar-refractivity contribution in [3.05, 3.63) is 59.9 Å². The first-order chi connectivity index (χ1) is 10.1. The number of aryl methyl sites for hydroxylation is 1. The molecule has 0 saturated heterocycles. The first-order valence-corrected chi connectivity index (χ1v) is 6.29. The highest BCUT2D eigenvalue weighted by atomic mass is 19.2. The van der Waals surface area contributed by atoms with Gasteiger partial charge in [-0.2, -0.15) is 5.10 Å². The summed E-state index contributed by atoms with van der Waals surface area (Å²) < 4.78 is 28.6. The summed E-state index contributed by atoms with van der Waals surface area (Å²) in [6.45, 7) is 1.92. The Kier molecular flexibility index (Phi) is 3.13. The van der Waals surface area contributed by atoms with Crippen LogP contribution in [0.5, 0.6) is 0 Å². The normalized spacial score (nSPS) is 10.8. The summed E-state index contributed by atoms with van der Waals surface area (Å²) in [5.74, 6) is -1.34. The summed E-state index contributed by atoms with van der Waals surface area (Å²) in [6.07, 6.45) is 3.17. The number of halogens is 2. The number of hydrogen-bond donors (Lipinski definition) is 1. The van der Waals surface area contributed by atoms with Gasteiger partial charge < -0.3 is 5.73 Å². The van der Waals surface area contributed by atoms with Crippen molar-refractivity contribution in [2.45, 2.75) is 6.92 Å². The maximum atomic E-state index is 13.8. The van der Waals surface area contributed by atoms with Crippen LogP contribution in [0.2, 0.25) is 0 Å². The highest BCUT2D eigenvalue weighted by molar-refractivity contribution is 5.72. The van der Waals surface area contributed by atoms with Gasteiger partial charge in [0.2, 0.25) is 0 Å². The summed E-state index contributed by atoms with van der Waals surface area (Å²) in [5, 5.41) is 4.22. The van der Waals surface area contributed by atoms with E-state index >= 15 is 0 Å². The van der Waals surface area contributed by atoms with E-state index in [0.29, 0.717) is 5.82 Å². The number of anilines is 1. The molecule has 0 fully saturated rings. The molecule has 0 saturated carbocycles. The van der Waals surface area contributed by atoms with Crippen LogP contribution in [0.1, 0.15) is 5.56 Å². The van der Waals surface area contributed by atoms with Crippen molar-refractivity contribution in [3.63, 3.8) is 0 Å². The molecule has 0 aliphatic heterocycles. The van der Waals surface area contributed by atoms with Gasteiger partial charge in [0.25, 0.3) is 0 Å². The molecule has 0 unspecified atom stereocenters. The molecule has 0 atom stereocenters. The average molecular weight is 286 g/mol. The predicted molar refractivity (Wildman–Crippen MR) is 75.9 cm³/mol. The highest BCUT2D eigenvalue weighted by Crippen LogP contribution is 2.28.